The zero-order valence-electron chi connectivity index (χ0n) is 8.83. The first-order chi connectivity index (χ1) is 6.70. The first kappa shape index (κ1) is 11.7. The van der Waals surface area contributed by atoms with E-state index in [0.29, 0.717) is 6.04 Å². The summed E-state index contributed by atoms with van der Waals surface area (Å²) in [5.41, 5.74) is 0. The molecule has 1 saturated heterocycles. The summed E-state index contributed by atoms with van der Waals surface area (Å²) in [7, 11) is 0. The normalized spacial score (nSPS) is 15.4. The van der Waals surface area contributed by atoms with Crippen molar-refractivity contribution in [2.45, 2.75) is 32.7 Å². The van der Waals surface area contributed by atoms with Crippen molar-refractivity contribution in [3.63, 3.8) is 0 Å². The van der Waals surface area contributed by atoms with Crippen molar-refractivity contribution in [1.82, 2.24) is 15.1 Å². The Labute approximate surface area is 94.0 Å². The molecule has 0 saturated carbocycles. The van der Waals surface area contributed by atoms with Crippen LogP contribution in [0.15, 0.2) is 16.9 Å². The van der Waals surface area contributed by atoms with Crippen molar-refractivity contribution < 1.29 is 0 Å². The summed E-state index contributed by atoms with van der Waals surface area (Å²) >= 11 is 3.32. The second kappa shape index (κ2) is 6.19. The van der Waals surface area contributed by atoms with Crippen LogP contribution in [0.3, 0.4) is 0 Å². The summed E-state index contributed by atoms with van der Waals surface area (Å²) in [6.45, 7) is 6.69. The van der Waals surface area contributed by atoms with Crippen molar-refractivity contribution >= 4 is 15.9 Å². The van der Waals surface area contributed by atoms with Gasteiger partial charge in [0.25, 0.3) is 0 Å². The number of aromatic nitrogens is 2. The van der Waals surface area contributed by atoms with E-state index >= 15 is 0 Å². The summed E-state index contributed by atoms with van der Waals surface area (Å²) in [6, 6.07) is 0.455. The minimum atomic E-state index is 0.455. The highest BCUT2D eigenvalue weighted by Gasteiger charge is 1.96. The van der Waals surface area contributed by atoms with Gasteiger partial charge >= 0.3 is 0 Å². The zero-order chi connectivity index (χ0) is 10.4. The van der Waals surface area contributed by atoms with E-state index in [9.17, 15) is 0 Å². The molecule has 0 aromatic carbocycles. The van der Waals surface area contributed by atoms with Crippen molar-refractivity contribution in [2.75, 3.05) is 13.1 Å². The van der Waals surface area contributed by atoms with Crippen LogP contribution in [0.25, 0.3) is 0 Å². The topological polar surface area (TPSA) is 29.9 Å². The molecule has 0 radical (unpaired) electrons. The lowest BCUT2D eigenvalue weighted by Gasteiger charge is -2.01. The molecule has 4 heteroatoms. The predicted molar refractivity (Wildman–Crippen MR) is 62.4 cm³/mol. The molecule has 1 aromatic heterocycles. The molecule has 0 aliphatic carbocycles. The minimum absolute atomic E-state index is 0.455. The largest absolute Gasteiger partial charge is 0.317 e. The van der Waals surface area contributed by atoms with Gasteiger partial charge in [0.15, 0.2) is 0 Å². The van der Waals surface area contributed by atoms with Crippen molar-refractivity contribution in [1.29, 1.82) is 0 Å². The first-order valence-electron chi connectivity index (χ1n) is 5.10. The second-order valence-corrected chi connectivity index (χ2v) is 4.61. The third kappa shape index (κ3) is 4.24. The fourth-order valence-corrected chi connectivity index (χ4v) is 1.52. The minimum Gasteiger partial charge on any atom is -0.317 e. The van der Waals surface area contributed by atoms with E-state index in [0.717, 1.165) is 4.47 Å². The fourth-order valence-electron chi connectivity index (χ4n) is 1.22. The van der Waals surface area contributed by atoms with Crippen molar-refractivity contribution in [2.24, 2.45) is 0 Å². The van der Waals surface area contributed by atoms with Crippen LogP contribution in [0.1, 0.15) is 32.7 Å². The van der Waals surface area contributed by atoms with E-state index in [1.54, 1.807) is 6.20 Å². The fraction of sp³-hybridized carbons (Fsp3) is 0.700. The lowest BCUT2D eigenvalue weighted by atomic mass is 10.4. The Morgan fingerprint density at radius 2 is 2.07 bits per heavy atom. The molecule has 14 heavy (non-hydrogen) atoms. The van der Waals surface area contributed by atoms with E-state index in [-0.39, 0.29) is 0 Å². The number of hydrogen-bond donors (Lipinski definition) is 1. The molecule has 0 amide bonds. The third-order valence-corrected chi connectivity index (χ3v) is 2.47. The van der Waals surface area contributed by atoms with Crippen LogP contribution in [0.2, 0.25) is 0 Å². The van der Waals surface area contributed by atoms with Crippen molar-refractivity contribution in [3.05, 3.63) is 16.9 Å². The van der Waals surface area contributed by atoms with Crippen LogP contribution in [0.4, 0.5) is 0 Å². The highest BCUT2D eigenvalue weighted by molar-refractivity contribution is 9.10. The van der Waals surface area contributed by atoms with E-state index in [4.69, 9.17) is 0 Å². The number of rotatable bonds is 1. The second-order valence-electron chi connectivity index (χ2n) is 3.69. The Hall–Kier alpha value is -0.350. The molecule has 0 unspecified atom stereocenters. The predicted octanol–water partition coefficient (Wildman–Crippen LogP) is 2.60. The lowest BCUT2D eigenvalue weighted by molar-refractivity contribution is 0.532. The molecule has 1 aliphatic heterocycles. The maximum atomic E-state index is 4.09. The van der Waals surface area contributed by atoms with Crippen LogP contribution in [0, 0.1) is 0 Å². The van der Waals surface area contributed by atoms with Crippen LogP contribution in [0.5, 0.6) is 0 Å². The molecule has 1 aliphatic rings. The van der Waals surface area contributed by atoms with Gasteiger partial charge in [-0.3, -0.25) is 4.68 Å². The summed E-state index contributed by atoms with van der Waals surface area (Å²) < 4.78 is 2.94. The number of nitrogens with one attached hydrogen (secondary N) is 1. The summed E-state index contributed by atoms with van der Waals surface area (Å²) in [4.78, 5) is 0. The Balaban J connectivity index is 0.000000165. The van der Waals surface area contributed by atoms with Gasteiger partial charge in [0.2, 0.25) is 0 Å². The molecule has 2 heterocycles. The highest BCUT2D eigenvalue weighted by Crippen LogP contribution is 2.09. The molecule has 1 N–H and O–H groups in total. The van der Waals surface area contributed by atoms with Gasteiger partial charge in [-0.2, -0.15) is 5.10 Å². The van der Waals surface area contributed by atoms with E-state index in [1.807, 2.05) is 10.9 Å². The quantitative estimate of drug-likeness (QED) is 0.841. The van der Waals surface area contributed by atoms with Crippen LogP contribution < -0.4 is 5.32 Å². The maximum absolute atomic E-state index is 4.09. The Morgan fingerprint density at radius 3 is 2.29 bits per heavy atom. The third-order valence-electron chi connectivity index (χ3n) is 2.06. The Kier molecular flexibility index (Phi) is 5.19. The Morgan fingerprint density at radius 1 is 1.43 bits per heavy atom. The number of halogens is 1. The number of nitrogens with zero attached hydrogens (tertiary/aromatic N) is 2. The number of hydrogen-bond acceptors (Lipinski definition) is 2. The molecule has 0 spiro atoms. The van der Waals surface area contributed by atoms with Crippen LogP contribution >= 0.6 is 15.9 Å². The SMILES string of the molecule is C1CCNC1.CC(C)n1cc(Br)cn1. The van der Waals surface area contributed by atoms with Gasteiger partial charge in [0, 0.05) is 12.2 Å². The van der Waals surface area contributed by atoms with Crippen LogP contribution in [-0.2, 0) is 0 Å². The van der Waals surface area contributed by atoms with Gasteiger partial charge in [-0.25, -0.2) is 0 Å². The molecule has 1 aromatic rings. The summed E-state index contributed by atoms with van der Waals surface area (Å²) in [5, 5.41) is 7.31. The van der Waals surface area contributed by atoms with Crippen LogP contribution in [-0.4, -0.2) is 22.9 Å². The summed E-state index contributed by atoms with van der Waals surface area (Å²) in [6.07, 6.45) is 6.53. The van der Waals surface area contributed by atoms with Gasteiger partial charge < -0.3 is 5.32 Å². The van der Waals surface area contributed by atoms with Gasteiger partial charge in [0.1, 0.15) is 0 Å². The average molecular weight is 260 g/mol. The molecular weight excluding hydrogens is 242 g/mol. The molecule has 1 fully saturated rings. The molecule has 3 nitrogen and oxygen atoms in total. The lowest BCUT2D eigenvalue weighted by Crippen LogP contribution is -2.03. The zero-order valence-corrected chi connectivity index (χ0v) is 10.4. The average Bonchev–Trinajstić information content (AvgIpc) is 2.74. The Bertz CT molecular complexity index is 246. The standard InChI is InChI=1S/C6H9BrN2.C4H9N/c1-5(2)9-4-6(7)3-8-9;1-2-4-5-3-1/h3-5H,1-2H3;5H,1-4H2. The first-order valence-corrected chi connectivity index (χ1v) is 5.90. The van der Waals surface area contributed by atoms with Gasteiger partial charge in [0.05, 0.1) is 10.7 Å². The van der Waals surface area contributed by atoms with E-state index in [2.05, 4.69) is 40.2 Å². The maximum Gasteiger partial charge on any atom is 0.0632 e. The van der Waals surface area contributed by atoms with Gasteiger partial charge in [-0.1, -0.05) is 0 Å². The van der Waals surface area contributed by atoms with Gasteiger partial charge in [-0.05, 0) is 55.7 Å². The smallest absolute Gasteiger partial charge is 0.0632 e. The molecule has 2 rings (SSSR count). The molecule has 0 atom stereocenters. The van der Waals surface area contributed by atoms with E-state index < -0.39 is 0 Å². The molecule has 80 valence electrons. The highest BCUT2D eigenvalue weighted by atomic mass is 79.9. The summed E-state index contributed by atoms with van der Waals surface area (Å²) in [5.74, 6) is 0. The molecular formula is C10H18BrN3. The molecule has 0 bridgehead atoms. The van der Waals surface area contributed by atoms with Gasteiger partial charge in [-0.15, -0.1) is 0 Å². The van der Waals surface area contributed by atoms with Crippen molar-refractivity contribution in [3.8, 4) is 0 Å². The monoisotopic (exact) mass is 259 g/mol. The van der Waals surface area contributed by atoms with E-state index in [1.165, 1.54) is 25.9 Å².